The van der Waals surface area contributed by atoms with E-state index in [0.717, 1.165) is 47.2 Å². The van der Waals surface area contributed by atoms with Gasteiger partial charge in [0.25, 0.3) is 0 Å². The number of nitrogens with one attached hydrogen (secondary N) is 1. The third kappa shape index (κ3) is 5.58. The molecule has 0 bridgehead atoms. The van der Waals surface area contributed by atoms with Crippen molar-refractivity contribution in [1.29, 1.82) is 0 Å². The maximum absolute atomic E-state index is 13.2. The number of aryl methyl sites for hydroxylation is 1. The molecule has 0 aliphatic rings. The van der Waals surface area contributed by atoms with Crippen LogP contribution >= 0.6 is 11.3 Å². The molecule has 0 saturated carbocycles. The Morgan fingerprint density at radius 2 is 1.83 bits per heavy atom. The number of thiazole rings is 1. The van der Waals surface area contributed by atoms with Gasteiger partial charge in [-0.05, 0) is 44.9 Å². The number of fused-ring (bicyclic) bond motifs is 1. The number of carbonyl (C=O) groups excluding carboxylic acids is 1. The molecule has 0 fully saturated rings. The van der Waals surface area contributed by atoms with E-state index in [0.29, 0.717) is 19.6 Å². The molecule has 0 spiro atoms. The number of carbonyl (C=O) groups is 1. The predicted octanol–water partition coefficient (Wildman–Crippen LogP) is 3.59. The zero-order valence-electron chi connectivity index (χ0n) is 18.2. The fourth-order valence-corrected chi connectivity index (χ4v) is 4.56. The van der Waals surface area contributed by atoms with E-state index in [4.69, 9.17) is 9.72 Å². The molecule has 2 aromatic carbocycles. The maximum Gasteiger partial charge on any atom is 0.229 e. The van der Waals surface area contributed by atoms with E-state index in [1.54, 1.807) is 11.3 Å². The normalized spacial score (nSPS) is 11.2. The zero-order valence-corrected chi connectivity index (χ0v) is 19.0. The summed E-state index contributed by atoms with van der Waals surface area (Å²) >= 11 is 1.57. The molecule has 0 aliphatic carbocycles. The smallest absolute Gasteiger partial charge is 0.229 e. The molecule has 160 valence electrons. The number of aromatic nitrogens is 1. The van der Waals surface area contributed by atoms with Gasteiger partial charge in [0.05, 0.1) is 37.5 Å². The lowest BCUT2D eigenvalue weighted by Crippen LogP contribution is -3.12. The van der Waals surface area contributed by atoms with Crippen LogP contribution in [0, 0.1) is 0 Å². The van der Waals surface area contributed by atoms with E-state index in [2.05, 4.69) is 26.0 Å². The predicted molar refractivity (Wildman–Crippen MR) is 125 cm³/mol. The number of nitrogens with zero attached hydrogens (tertiary/aromatic N) is 2. The van der Waals surface area contributed by atoms with Crippen molar-refractivity contribution in [3.05, 3.63) is 54.1 Å². The zero-order chi connectivity index (χ0) is 21.3. The second-order valence-electron chi connectivity index (χ2n) is 7.27. The van der Waals surface area contributed by atoms with E-state index >= 15 is 0 Å². The molecule has 1 aromatic heterocycles. The minimum Gasteiger partial charge on any atom is -0.492 e. The van der Waals surface area contributed by atoms with Crippen LogP contribution in [0.1, 0.15) is 32.8 Å². The van der Waals surface area contributed by atoms with Crippen molar-refractivity contribution in [2.24, 2.45) is 0 Å². The Kier molecular flexibility index (Phi) is 8.22. The highest BCUT2D eigenvalue weighted by atomic mass is 32.1. The van der Waals surface area contributed by atoms with Crippen molar-refractivity contribution in [2.45, 2.75) is 33.6 Å². The van der Waals surface area contributed by atoms with Crippen LogP contribution < -0.4 is 14.5 Å². The molecule has 1 amide bonds. The summed E-state index contributed by atoms with van der Waals surface area (Å²) < 4.78 is 6.80. The highest BCUT2D eigenvalue weighted by Crippen LogP contribution is 2.34. The summed E-state index contributed by atoms with van der Waals surface area (Å²) in [7, 11) is 0. The molecule has 1 N–H and O–H groups in total. The minimum atomic E-state index is 0.127. The monoisotopic (exact) mass is 426 g/mol. The van der Waals surface area contributed by atoms with E-state index in [1.165, 1.54) is 10.5 Å². The molecule has 3 rings (SSSR count). The quantitative estimate of drug-likeness (QED) is 0.510. The Balaban J connectivity index is 1.83. The lowest BCUT2D eigenvalue weighted by Gasteiger charge is -2.23. The Labute approximate surface area is 183 Å². The van der Waals surface area contributed by atoms with Gasteiger partial charge in [-0.3, -0.25) is 9.69 Å². The fourth-order valence-electron chi connectivity index (χ4n) is 3.53. The number of quaternary nitrogens is 1. The van der Waals surface area contributed by atoms with Gasteiger partial charge in [0, 0.05) is 6.42 Å². The van der Waals surface area contributed by atoms with Crippen molar-refractivity contribution in [1.82, 2.24) is 4.98 Å². The molecule has 0 unspecified atom stereocenters. The van der Waals surface area contributed by atoms with Gasteiger partial charge < -0.3 is 9.64 Å². The van der Waals surface area contributed by atoms with Crippen LogP contribution in [-0.4, -0.2) is 43.7 Å². The third-order valence-electron chi connectivity index (χ3n) is 5.36. The molecule has 30 heavy (non-hydrogen) atoms. The highest BCUT2D eigenvalue weighted by molar-refractivity contribution is 7.22. The van der Waals surface area contributed by atoms with Gasteiger partial charge >= 0.3 is 0 Å². The summed E-state index contributed by atoms with van der Waals surface area (Å²) in [5.74, 6) is 0.908. The number of benzene rings is 2. The molecule has 6 heteroatoms. The molecular formula is C24H32N3O2S+. The van der Waals surface area contributed by atoms with Crippen LogP contribution in [0.5, 0.6) is 5.75 Å². The second kappa shape index (κ2) is 11.1. The molecule has 5 nitrogen and oxygen atoms in total. The Morgan fingerprint density at radius 3 is 2.53 bits per heavy atom. The van der Waals surface area contributed by atoms with Crippen molar-refractivity contribution in [3.63, 3.8) is 0 Å². The Morgan fingerprint density at radius 1 is 1.07 bits per heavy atom. The van der Waals surface area contributed by atoms with Crippen LogP contribution in [0.25, 0.3) is 10.2 Å². The molecule has 0 atom stereocenters. The number of hydrogen-bond donors (Lipinski definition) is 1. The first-order valence-corrected chi connectivity index (χ1v) is 11.7. The lowest BCUT2D eigenvalue weighted by atomic mass is 10.1. The molecule has 0 aliphatic heterocycles. The van der Waals surface area contributed by atoms with Crippen LogP contribution in [0.4, 0.5) is 5.13 Å². The first-order chi connectivity index (χ1) is 14.7. The third-order valence-corrected chi connectivity index (χ3v) is 6.41. The fraction of sp³-hybridized carbons (Fsp3) is 0.417. The van der Waals surface area contributed by atoms with Gasteiger partial charge in [-0.25, -0.2) is 4.98 Å². The summed E-state index contributed by atoms with van der Waals surface area (Å²) in [4.78, 5) is 21.4. The van der Waals surface area contributed by atoms with Gasteiger partial charge in [-0.2, -0.15) is 0 Å². The van der Waals surface area contributed by atoms with Crippen molar-refractivity contribution in [2.75, 3.05) is 37.7 Å². The maximum atomic E-state index is 13.2. The number of rotatable bonds is 11. The average molecular weight is 427 g/mol. The summed E-state index contributed by atoms with van der Waals surface area (Å²) in [6, 6.07) is 16.2. The van der Waals surface area contributed by atoms with Crippen LogP contribution in [-0.2, 0) is 11.2 Å². The number of hydrogen-bond acceptors (Lipinski definition) is 4. The molecule has 1 heterocycles. The van der Waals surface area contributed by atoms with E-state index in [9.17, 15) is 4.79 Å². The van der Waals surface area contributed by atoms with Crippen LogP contribution in [0.3, 0.4) is 0 Å². The Hall–Kier alpha value is -2.44. The molecule has 3 aromatic rings. The van der Waals surface area contributed by atoms with E-state index < -0.39 is 0 Å². The SMILES string of the molecule is CCOc1cccc2sc(N(CC[NH+](CC)CC)C(=O)CCc3ccccc3)nc12. The van der Waals surface area contributed by atoms with Gasteiger partial charge in [-0.1, -0.05) is 47.7 Å². The van der Waals surface area contributed by atoms with Gasteiger partial charge in [0.15, 0.2) is 5.13 Å². The highest BCUT2D eigenvalue weighted by Gasteiger charge is 2.22. The first-order valence-electron chi connectivity index (χ1n) is 10.9. The van der Waals surface area contributed by atoms with E-state index in [1.807, 2.05) is 48.2 Å². The average Bonchev–Trinajstić information content (AvgIpc) is 3.21. The Bertz CT molecular complexity index is 938. The number of ether oxygens (including phenoxy) is 1. The summed E-state index contributed by atoms with van der Waals surface area (Å²) in [5, 5.41) is 0.766. The van der Waals surface area contributed by atoms with Crippen molar-refractivity contribution >= 4 is 32.6 Å². The summed E-state index contributed by atoms with van der Waals surface area (Å²) in [5.41, 5.74) is 2.03. The van der Waals surface area contributed by atoms with Crippen LogP contribution in [0.2, 0.25) is 0 Å². The standard InChI is InChI=1S/C24H31N3O2S/c1-4-26(5-2)17-18-27(22(28)16-15-19-11-8-7-9-12-19)24-25-23-20(29-6-3)13-10-14-21(23)30-24/h7-14H,4-6,15-18H2,1-3H3/p+1. The molecule has 0 radical (unpaired) electrons. The lowest BCUT2D eigenvalue weighted by molar-refractivity contribution is -0.894. The van der Waals surface area contributed by atoms with Gasteiger partial charge in [-0.15, -0.1) is 0 Å². The summed E-state index contributed by atoms with van der Waals surface area (Å²) in [6.07, 6.45) is 1.22. The van der Waals surface area contributed by atoms with Gasteiger partial charge in [0.2, 0.25) is 5.91 Å². The number of para-hydroxylation sites is 1. The largest absolute Gasteiger partial charge is 0.492 e. The molecular weight excluding hydrogens is 394 g/mol. The van der Waals surface area contributed by atoms with Crippen molar-refractivity contribution in [3.8, 4) is 5.75 Å². The molecule has 0 saturated heterocycles. The second-order valence-corrected chi connectivity index (χ2v) is 8.28. The number of anilines is 1. The van der Waals surface area contributed by atoms with Crippen molar-refractivity contribution < 1.29 is 14.4 Å². The first kappa shape index (κ1) is 22.2. The van der Waals surface area contributed by atoms with Crippen LogP contribution in [0.15, 0.2) is 48.5 Å². The number of amides is 1. The number of likely N-dealkylation sites (N-methyl/N-ethyl adjacent to an activating group) is 1. The minimum absolute atomic E-state index is 0.127. The topological polar surface area (TPSA) is 46.9 Å². The van der Waals surface area contributed by atoms with E-state index in [-0.39, 0.29) is 5.91 Å². The van der Waals surface area contributed by atoms with Gasteiger partial charge in [0.1, 0.15) is 11.3 Å². The summed E-state index contributed by atoms with van der Waals surface area (Å²) in [6.45, 7) is 10.6.